The van der Waals surface area contributed by atoms with Crippen LogP contribution in [0, 0.1) is 18.8 Å². The second kappa shape index (κ2) is 4.85. The fraction of sp³-hybridized carbons (Fsp3) is 0.438. The highest BCUT2D eigenvalue weighted by atomic mass is 16.2. The molecular formula is C16H18N2O2. The molecule has 2 unspecified atom stereocenters. The maximum atomic E-state index is 12.3. The minimum absolute atomic E-state index is 0.0609. The molecule has 0 saturated heterocycles. The smallest absolute Gasteiger partial charge is 0.188 e. The SMILES string of the molecule is Cc1cc(N=C2C(=O)C3CCCCC3C2=O)ccc1N. The summed E-state index contributed by atoms with van der Waals surface area (Å²) >= 11 is 0. The van der Waals surface area contributed by atoms with Crippen LogP contribution in [-0.4, -0.2) is 17.3 Å². The Bertz CT molecular complexity index is 593. The number of fused-ring (bicyclic) bond motifs is 1. The van der Waals surface area contributed by atoms with Gasteiger partial charge in [-0.1, -0.05) is 12.8 Å². The molecule has 104 valence electrons. The summed E-state index contributed by atoms with van der Waals surface area (Å²) in [4.78, 5) is 29.0. The van der Waals surface area contributed by atoms with Gasteiger partial charge in [0.05, 0.1) is 5.69 Å². The zero-order valence-corrected chi connectivity index (χ0v) is 11.6. The maximum Gasteiger partial charge on any atom is 0.188 e. The fourth-order valence-electron chi connectivity index (χ4n) is 3.20. The average molecular weight is 270 g/mol. The normalized spacial score (nSPS) is 25.8. The molecule has 3 rings (SSSR count). The van der Waals surface area contributed by atoms with Crippen molar-refractivity contribution in [3.8, 4) is 0 Å². The fourth-order valence-corrected chi connectivity index (χ4v) is 3.20. The van der Waals surface area contributed by atoms with Crippen LogP contribution in [-0.2, 0) is 9.59 Å². The van der Waals surface area contributed by atoms with E-state index in [1.165, 1.54) is 0 Å². The van der Waals surface area contributed by atoms with E-state index in [-0.39, 0.29) is 29.1 Å². The number of hydrogen-bond donors (Lipinski definition) is 1. The standard InChI is InChI=1S/C16H18N2O2/c1-9-8-10(6-7-13(9)17)18-14-15(19)11-4-2-3-5-12(11)16(14)20/h6-8,11-12H,2-5,17H2,1H3. The van der Waals surface area contributed by atoms with Crippen LogP contribution in [0.3, 0.4) is 0 Å². The van der Waals surface area contributed by atoms with Gasteiger partial charge in [-0.3, -0.25) is 9.59 Å². The Morgan fingerprint density at radius 3 is 2.25 bits per heavy atom. The molecule has 0 spiro atoms. The van der Waals surface area contributed by atoms with Crippen molar-refractivity contribution in [3.63, 3.8) is 0 Å². The Hall–Kier alpha value is -1.97. The van der Waals surface area contributed by atoms with Gasteiger partial charge in [-0.05, 0) is 43.5 Å². The van der Waals surface area contributed by atoms with E-state index in [4.69, 9.17) is 5.73 Å². The second-order valence-electron chi connectivity index (χ2n) is 5.73. The van der Waals surface area contributed by atoms with Crippen LogP contribution in [0.5, 0.6) is 0 Å². The Kier molecular flexibility index (Phi) is 3.16. The van der Waals surface area contributed by atoms with Crippen LogP contribution >= 0.6 is 0 Å². The van der Waals surface area contributed by atoms with Crippen molar-refractivity contribution in [2.75, 3.05) is 5.73 Å². The van der Waals surface area contributed by atoms with Crippen molar-refractivity contribution >= 4 is 28.7 Å². The van der Waals surface area contributed by atoms with Gasteiger partial charge in [-0.15, -0.1) is 0 Å². The van der Waals surface area contributed by atoms with E-state index in [0.29, 0.717) is 11.4 Å². The third kappa shape index (κ3) is 2.05. The number of carbonyl (C=O) groups excluding carboxylic acids is 2. The van der Waals surface area contributed by atoms with Gasteiger partial charge in [-0.25, -0.2) is 4.99 Å². The number of Topliss-reactive ketones (excluding diaryl/α,β-unsaturated/α-hetero) is 2. The zero-order valence-electron chi connectivity index (χ0n) is 11.6. The van der Waals surface area contributed by atoms with Crippen molar-refractivity contribution in [1.82, 2.24) is 0 Å². The summed E-state index contributed by atoms with van der Waals surface area (Å²) in [7, 11) is 0. The molecule has 0 aliphatic heterocycles. The van der Waals surface area contributed by atoms with Crippen molar-refractivity contribution in [1.29, 1.82) is 0 Å². The van der Waals surface area contributed by atoms with Crippen molar-refractivity contribution in [2.45, 2.75) is 32.6 Å². The number of aliphatic imine (C=N–C) groups is 1. The lowest BCUT2D eigenvalue weighted by Gasteiger charge is -2.20. The number of nitrogens with zero attached hydrogens (tertiary/aromatic N) is 1. The number of ketones is 2. The summed E-state index contributed by atoms with van der Waals surface area (Å²) in [6, 6.07) is 5.31. The molecule has 1 aromatic carbocycles. The van der Waals surface area contributed by atoms with Gasteiger partial charge in [-0.2, -0.15) is 0 Å². The van der Waals surface area contributed by atoms with Gasteiger partial charge < -0.3 is 5.73 Å². The first-order valence-electron chi connectivity index (χ1n) is 7.11. The minimum Gasteiger partial charge on any atom is -0.399 e. The van der Waals surface area contributed by atoms with Crippen molar-refractivity contribution in [3.05, 3.63) is 23.8 Å². The Morgan fingerprint density at radius 2 is 1.70 bits per heavy atom. The number of nitrogens with two attached hydrogens (primary N) is 1. The van der Waals surface area contributed by atoms with E-state index >= 15 is 0 Å². The quantitative estimate of drug-likeness (QED) is 0.797. The van der Waals surface area contributed by atoms with Crippen LogP contribution < -0.4 is 5.73 Å². The molecule has 2 saturated carbocycles. The van der Waals surface area contributed by atoms with E-state index in [0.717, 1.165) is 31.2 Å². The molecule has 0 aromatic heterocycles. The molecule has 2 aliphatic carbocycles. The number of rotatable bonds is 1. The van der Waals surface area contributed by atoms with E-state index in [2.05, 4.69) is 4.99 Å². The van der Waals surface area contributed by atoms with E-state index in [1.54, 1.807) is 12.1 Å². The van der Waals surface area contributed by atoms with E-state index < -0.39 is 0 Å². The first-order valence-corrected chi connectivity index (χ1v) is 7.11. The van der Waals surface area contributed by atoms with Crippen LogP contribution in [0.15, 0.2) is 23.2 Å². The number of benzene rings is 1. The Balaban J connectivity index is 1.96. The van der Waals surface area contributed by atoms with Gasteiger partial charge in [0.25, 0.3) is 0 Å². The first kappa shape index (κ1) is 13.0. The molecule has 20 heavy (non-hydrogen) atoms. The molecule has 0 heterocycles. The summed E-state index contributed by atoms with van der Waals surface area (Å²) in [5.41, 5.74) is 8.13. The summed E-state index contributed by atoms with van der Waals surface area (Å²) < 4.78 is 0. The second-order valence-corrected chi connectivity index (χ2v) is 5.73. The molecule has 2 atom stereocenters. The highest BCUT2D eigenvalue weighted by Gasteiger charge is 2.47. The lowest BCUT2D eigenvalue weighted by atomic mass is 9.81. The van der Waals surface area contributed by atoms with Crippen LogP contribution in [0.25, 0.3) is 0 Å². The predicted molar refractivity (Wildman–Crippen MR) is 78.1 cm³/mol. The molecule has 0 radical (unpaired) electrons. The van der Waals surface area contributed by atoms with E-state index in [1.807, 2.05) is 13.0 Å². The van der Waals surface area contributed by atoms with Gasteiger partial charge >= 0.3 is 0 Å². The van der Waals surface area contributed by atoms with Crippen LogP contribution in [0.1, 0.15) is 31.2 Å². The van der Waals surface area contributed by atoms with Gasteiger partial charge in [0, 0.05) is 17.5 Å². The number of aryl methyl sites for hydroxylation is 1. The lowest BCUT2D eigenvalue weighted by Crippen LogP contribution is -2.21. The van der Waals surface area contributed by atoms with Crippen molar-refractivity contribution < 1.29 is 9.59 Å². The summed E-state index contributed by atoms with van der Waals surface area (Å²) in [5, 5.41) is 0. The van der Waals surface area contributed by atoms with Crippen LogP contribution in [0.4, 0.5) is 11.4 Å². The molecule has 2 aliphatic rings. The molecule has 4 nitrogen and oxygen atoms in total. The molecule has 0 bridgehead atoms. The molecule has 1 aromatic rings. The number of carbonyl (C=O) groups is 2. The summed E-state index contributed by atoms with van der Waals surface area (Å²) in [6.07, 6.45) is 3.73. The maximum absolute atomic E-state index is 12.3. The topological polar surface area (TPSA) is 72.5 Å². The van der Waals surface area contributed by atoms with Crippen molar-refractivity contribution in [2.24, 2.45) is 16.8 Å². The number of nitrogen functional groups attached to an aromatic ring is 1. The third-order valence-corrected chi connectivity index (χ3v) is 4.40. The molecule has 0 amide bonds. The van der Waals surface area contributed by atoms with Crippen LogP contribution in [0.2, 0.25) is 0 Å². The molecule has 2 fully saturated rings. The van der Waals surface area contributed by atoms with Gasteiger partial charge in [0.1, 0.15) is 0 Å². The number of hydrogen-bond acceptors (Lipinski definition) is 4. The molecule has 4 heteroatoms. The number of anilines is 1. The average Bonchev–Trinajstić information content (AvgIpc) is 2.69. The Labute approximate surface area is 118 Å². The third-order valence-electron chi connectivity index (χ3n) is 4.40. The summed E-state index contributed by atoms with van der Waals surface area (Å²) in [5.74, 6) is -0.363. The summed E-state index contributed by atoms with van der Waals surface area (Å²) in [6.45, 7) is 1.89. The monoisotopic (exact) mass is 270 g/mol. The molecular weight excluding hydrogens is 252 g/mol. The highest BCUT2D eigenvalue weighted by Crippen LogP contribution is 2.37. The zero-order chi connectivity index (χ0) is 14.3. The van der Waals surface area contributed by atoms with Gasteiger partial charge in [0.15, 0.2) is 17.3 Å². The molecule has 2 N–H and O–H groups in total. The lowest BCUT2D eigenvalue weighted by molar-refractivity contribution is -0.120. The predicted octanol–water partition coefficient (Wildman–Crippen LogP) is 2.61. The largest absolute Gasteiger partial charge is 0.399 e. The first-order chi connectivity index (χ1) is 9.58. The highest BCUT2D eigenvalue weighted by molar-refractivity contribution is 6.70. The minimum atomic E-state index is -0.120. The van der Waals surface area contributed by atoms with E-state index in [9.17, 15) is 9.59 Å². The van der Waals surface area contributed by atoms with Gasteiger partial charge in [0.2, 0.25) is 0 Å². The Morgan fingerprint density at radius 1 is 1.10 bits per heavy atom.